The van der Waals surface area contributed by atoms with Crippen LogP contribution in [0.1, 0.15) is 46.0 Å². The zero-order valence-corrected chi connectivity index (χ0v) is 12.0. The van der Waals surface area contributed by atoms with Crippen LogP contribution in [-0.4, -0.2) is 34.5 Å². The van der Waals surface area contributed by atoms with Crippen LogP contribution in [0.15, 0.2) is 0 Å². The summed E-state index contributed by atoms with van der Waals surface area (Å²) < 4.78 is 0. The molecule has 0 bridgehead atoms. The molecule has 1 saturated carbocycles. The van der Waals surface area contributed by atoms with Crippen molar-refractivity contribution in [2.75, 3.05) is 11.5 Å². The number of carboxylic acid groups (broad SMARTS) is 1. The molecule has 0 aromatic rings. The van der Waals surface area contributed by atoms with E-state index >= 15 is 0 Å². The number of hydrogen-bond donors (Lipinski definition) is 2. The fraction of sp³-hybridized carbons (Fsp3) is 0.846. The number of rotatable bonds is 9. The number of hydrogen-bond acceptors (Lipinski definition) is 3. The lowest BCUT2D eigenvalue weighted by Gasteiger charge is -2.14. The first-order valence-corrected chi connectivity index (χ1v) is 7.72. The van der Waals surface area contributed by atoms with E-state index in [0.717, 1.165) is 31.4 Å². The second kappa shape index (κ2) is 7.02. The SMILES string of the molecule is CCCC(C)NC(=O)CSCC1(CC(=O)O)CC1. The molecular formula is C13H23NO3S. The summed E-state index contributed by atoms with van der Waals surface area (Å²) in [5.74, 6) is 0.561. The Morgan fingerprint density at radius 1 is 1.44 bits per heavy atom. The van der Waals surface area contributed by atoms with Crippen LogP contribution in [-0.2, 0) is 9.59 Å². The van der Waals surface area contributed by atoms with Gasteiger partial charge in [-0.2, -0.15) is 11.8 Å². The zero-order valence-electron chi connectivity index (χ0n) is 11.2. The quantitative estimate of drug-likeness (QED) is 0.676. The predicted molar refractivity (Wildman–Crippen MR) is 73.8 cm³/mol. The summed E-state index contributed by atoms with van der Waals surface area (Å²) in [5.41, 5.74) is -0.0220. The van der Waals surface area contributed by atoms with Gasteiger partial charge in [0.1, 0.15) is 0 Å². The molecule has 0 radical (unpaired) electrons. The van der Waals surface area contributed by atoms with Gasteiger partial charge in [0.2, 0.25) is 5.91 Å². The Hall–Kier alpha value is -0.710. The highest BCUT2D eigenvalue weighted by molar-refractivity contribution is 7.99. The molecule has 1 aliphatic rings. The summed E-state index contributed by atoms with van der Waals surface area (Å²) in [6.45, 7) is 4.11. The summed E-state index contributed by atoms with van der Waals surface area (Å²) in [6.07, 6.45) is 4.28. The molecule has 0 aromatic carbocycles. The minimum absolute atomic E-state index is 0.0220. The van der Waals surface area contributed by atoms with Crippen LogP contribution in [0.25, 0.3) is 0 Å². The Bertz CT molecular complexity index is 303. The van der Waals surface area contributed by atoms with Crippen LogP contribution in [0.3, 0.4) is 0 Å². The number of nitrogens with one attached hydrogen (secondary N) is 1. The molecular weight excluding hydrogens is 250 g/mol. The summed E-state index contributed by atoms with van der Waals surface area (Å²) >= 11 is 1.56. The van der Waals surface area contributed by atoms with Crippen molar-refractivity contribution in [2.45, 2.75) is 52.0 Å². The van der Waals surface area contributed by atoms with Gasteiger partial charge in [0.25, 0.3) is 0 Å². The van der Waals surface area contributed by atoms with Gasteiger partial charge in [0.05, 0.1) is 12.2 Å². The third-order valence-corrected chi connectivity index (χ3v) is 4.54. The molecule has 1 fully saturated rings. The lowest BCUT2D eigenvalue weighted by Crippen LogP contribution is -2.33. The molecule has 0 aliphatic heterocycles. The first kappa shape index (κ1) is 15.3. The highest BCUT2D eigenvalue weighted by Gasteiger charge is 2.44. The minimum Gasteiger partial charge on any atom is -0.481 e. The van der Waals surface area contributed by atoms with Crippen molar-refractivity contribution in [1.82, 2.24) is 5.32 Å². The molecule has 4 nitrogen and oxygen atoms in total. The number of carbonyl (C=O) groups excluding carboxylic acids is 1. The molecule has 0 heterocycles. The van der Waals surface area contributed by atoms with E-state index in [1.807, 2.05) is 6.92 Å². The predicted octanol–water partition coefficient (Wildman–Crippen LogP) is 2.28. The van der Waals surface area contributed by atoms with E-state index in [2.05, 4.69) is 12.2 Å². The van der Waals surface area contributed by atoms with Crippen LogP contribution in [0, 0.1) is 5.41 Å². The Morgan fingerprint density at radius 2 is 2.11 bits per heavy atom. The van der Waals surface area contributed by atoms with Gasteiger partial charge in [0.15, 0.2) is 0 Å². The van der Waals surface area contributed by atoms with Gasteiger partial charge in [0, 0.05) is 6.04 Å². The average molecular weight is 273 g/mol. The van der Waals surface area contributed by atoms with Crippen LogP contribution in [0.2, 0.25) is 0 Å². The average Bonchev–Trinajstić information content (AvgIpc) is 2.96. The van der Waals surface area contributed by atoms with E-state index in [4.69, 9.17) is 5.11 Å². The van der Waals surface area contributed by atoms with Crippen LogP contribution >= 0.6 is 11.8 Å². The van der Waals surface area contributed by atoms with Crippen LogP contribution in [0.5, 0.6) is 0 Å². The number of thioether (sulfide) groups is 1. The fourth-order valence-electron chi connectivity index (χ4n) is 2.05. The summed E-state index contributed by atoms with van der Waals surface area (Å²) in [4.78, 5) is 22.3. The van der Waals surface area contributed by atoms with Gasteiger partial charge in [-0.25, -0.2) is 0 Å². The minimum atomic E-state index is -0.728. The summed E-state index contributed by atoms with van der Waals surface area (Å²) in [7, 11) is 0. The molecule has 1 atom stereocenters. The normalized spacial score (nSPS) is 18.1. The third kappa shape index (κ3) is 5.76. The van der Waals surface area contributed by atoms with Crippen LogP contribution in [0.4, 0.5) is 0 Å². The van der Waals surface area contributed by atoms with E-state index in [1.165, 1.54) is 0 Å². The van der Waals surface area contributed by atoms with Crippen molar-refractivity contribution >= 4 is 23.6 Å². The zero-order chi connectivity index (χ0) is 13.6. The Morgan fingerprint density at radius 3 is 2.61 bits per heavy atom. The number of amides is 1. The third-order valence-electron chi connectivity index (χ3n) is 3.25. The Balaban J connectivity index is 2.14. The van der Waals surface area contributed by atoms with E-state index in [-0.39, 0.29) is 23.8 Å². The second-order valence-electron chi connectivity index (χ2n) is 5.32. The highest BCUT2D eigenvalue weighted by Crippen LogP contribution is 2.50. The molecule has 1 unspecified atom stereocenters. The largest absolute Gasteiger partial charge is 0.481 e. The van der Waals surface area contributed by atoms with Crippen molar-refractivity contribution in [2.24, 2.45) is 5.41 Å². The molecule has 104 valence electrons. The summed E-state index contributed by atoms with van der Waals surface area (Å²) in [5, 5.41) is 11.7. The lowest BCUT2D eigenvalue weighted by atomic mass is 10.1. The summed E-state index contributed by atoms with van der Waals surface area (Å²) in [6, 6.07) is 0.233. The monoisotopic (exact) mass is 273 g/mol. The molecule has 0 aromatic heterocycles. The first-order chi connectivity index (χ1) is 8.47. The first-order valence-electron chi connectivity index (χ1n) is 6.56. The van der Waals surface area contributed by atoms with Gasteiger partial charge >= 0.3 is 5.97 Å². The maximum Gasteiger partial charge on any atom is 0.303 e. The number of aliphatic carboxylic acids is 1. The smallest absolute Gasteiger partial charge is 0.303 e. The highest BCUT2D eigenvalue weighted by atomic mass is 32.2. The standard InChI is InChI=1S/C13H23NO3S/c1-3-4-10(2)14-11(15)8-18-9-13(5-6-13)7-12(16)17/h10H,3-9H2,1-2H3,(H,14,15)(H,16,17). The number of carboxylic acids is 1. The fourth-order valence-corrected chi connectivity index (χ4v) is 3.25. The molecule has 0 saturated heterocycles. The van der Waals surface area contributed by atoms with Crippen molar-refractivity contribution in [3.05, 3.63) is 0 Å². The van der Waals surface area contributed by atoms with Crippen molar-refractivity contribution in [3.63, 3.8) is 0 Å². The topological polar surface area (TPSA) is 66.4 Å². The van der Waals surface area contributed by atoms with Crippen molar-refractivity contribution in [1.29, 1.82) is 0 Å². The van der Waals surface area contributed by atoms with Crippen LogP contribution < -0.4 is 5.32 Å². The molecule has 1 rings (SSSR count). The van der Waals surface area contributed by atoms with E-state index in [0.29, 0.717) is 5.75 Å². The maximum atomic E-state index is 11.6. The number of carbonyl (C=O) groups is 2. The maximum absolute atomic E-state index is 11.6. The Kier molecular flexibility index (Phi) is 5.99. The molecule has 0 spiro atoms. The van der Waals surface area contributed by atoms with E-state index in [1.54, 1.807) is 11.8 Å². The van der Waals surface area contributed by atoms with E-state index < -0.39 is 5.97 Å². The second-order valence-corrected chi connectivity index (χ2v) is 6.31. The Labute approximate surface area is 113 Å². The molecule has 1 amide bonds. The van der Waals surface area contributed by atoms with Gasteiger partial charge in [-0.3, -0.25) is 9.59 Å². The van der Waals surface area contributed by atoms with Crippen molar-refractivity contribution in [3.8, 4) is 0 Å². The van der Waals surface area contributed by atoms with Gasteiger partial charge in [-0.15, -0.1) is 0 Å². The molecule has 5 heteroatoms. The van der Waals surface area contributed by atoms with Gasteiger partial charge in [-0.05, 0) is 37.4 Å². The molecule has 18 heavy (non-hydrogen) atoms. The van der Waals surface area contributed by atoms with Gasteiger partial charge < -0.3 is 10.4 Å². The lowest BCUT2D eigenvalue weighted by molar-refractivity contribution is -0.138. The molecule has 2 N–H and O–H groups in total. The van der Waals surface area contributed by atoms with E-state index in [9.17, 15) is 9.59 Å². The van der Waals surface area contributed by atoms with Gasteiger partial charge in [-0.1, -0.05) is 13.3 Å². The molecule has 1 aliphatic carbocycles. The van der Waals surface area contributed by atoms with Crippen molar-refractivity contribution < 1.29 is 14.7 Å².